The minimum Gasteiger partial charge on any atom is -0.463 e. The maximum absolute atomic E-state index is 12.4. The number of carbonyl (C=O) groups excluding carboxylic acids is 2. The van der Waals surface area contributed by atoms with Gasteiger partial charge in [0, 0.05) is 28.2 Å². The number of H-pyrrole nitrogens is 1. The number of aromatic nitrogens is 2. The minimum atomic E-state index is -0.651. The van der Waals surface area contributed by atoms with Crippen molar-refractivity contribution in [2.45, 2.75) is 13.8 Å². The fourth-order valence-corrected chi connectivity index (χ4v) is 2.44. The van der Waals surface area contributed by atoms with Crippen molar-refractivity contribution in [3.8, 4) is 5.88 Å². The molecule has 1 N–H and O–H groups in total. The molecule has 7 heteroatoms. The van der Waals surface area contributed by atoms with Gasteiger partial charge < -0.3 is 19.0 Å². The summed E-state index contributed by atoms with van der Waals surface area (Å²) in [5.74, 6) is -0.149. The topological polar surface area (TPSA) is 94.4 Å². The van der Waals surface area contributed by atoms with Gasteiger partial charge in [0.1, 0.15) is 5.76 Å². The first-order valence-corrected chi connectivity index (χ1v) is 7.37. The molecule has 0 radical (unpaired) electrons. The molecule has 0 aliphatic rings. The van der Waals surface area contributed by atoms with E-state index in [2.05, 4.69) is 10.1 Å². The number of aryl methyl sites for hydroxylation is 2. The molecule has 0 bridgehead atoms. The van der Waals surface area contributed by atoms with Crippen LogP contribution in [-0.4, -0.2) is 35.1 Å². The van der Waals surface area contributed by atoms with Crippen molar-refractivity contribution in [3.05, 3.63) is 47.3 Å². The molecule has 0 saturated heterocycles. The van der Waals surface area contributed by atoms with Gasteiger partial charge in [-0.1, -0.05) is 18.2 Å². The normalized spacial score (nSPS) is 10.8. The van der Waals surface area contributed by atoms with E-state index in [0.717, 1.165) is 16.6 Å². The summed E-state index contributed by atoms with van der Waals surface area (Å²) in [5.41, 5.74) is 2.15. The summed E-state index contributed by atoms with van der Waals surface area (Å²) in [6.07, 6.45) is 0. The lowest BCUT2D eigenvalue weighted by atomic mass is 10.1. The highest BCUT2D eigenvalue weighted by Crippen LogP contribution is 2.22. The molecule has 7 nitrogen and oxygen atoms in total. The van der Waals surface area contributed by atoms with Crippen LogP contribution in [0, 0.1) is 13.8 Å². The number of carbonyl (C=O) groups is 2. The third kappa shape index (κ3) is 3.29. The van der Waals surface area contributed by atoms with Crippen LogP contribution in [0.4, 0.5) is 0 Å². The number of ketones is 1. The van der Waals surface area contributed by atoms with Crippen LogP contribution >= 0.6 is 0 Å². The van der Waals surface area contributed by atoms with Crippen LogP contribution in [0.1, 0.15) is 21.8 Å². The first kappa shape index (κ1) is 15.8. The fraction of sp³-hybridized carbons (Fsp3) is 0.235. The molecule has 0 unspecified atom stereocenters. The molecule has 0 atom stereocenters. The number of aromatic amines is 1. The molecule has 2 heterocycles. The molecule has 0 aliphatic heterocycles. The average molecular weight is 328 g/mol. The van der Waals surface area contributed by atoms with Gasteiger partial charge in [0.05, 0.1) is 0 Å². The van der Waals surface area contributed by atoms with Crippen LogP contribution in [0.25, 0.3) is 10.9 Å². The summed E-state index contributed by atoms with van der Waals surface area (Å²) in [6, 6.07) is 9.03. The van der Waals surface area contributed by atoms with Gasteiger partial charge in [0.2, 0.25) is 5.78 Å². The third-order valence-electron chi connectivity index (χ3n) is 3.48. The highest BCUT2D eigenvalue weighted by atomic mass is 16.6. The third-order valence-corrected chi connectivity index (χ3v) is 3.48. The SMILES string of the molecule is Cc1cc(OCC(=O)OCC(=O)c2c(C)[nH]c3ccccc23)no1. The predicted octanol–water partition coefficient (Wildman–Crippen LogP) is 2.58. The Morgan fingerprint density at radius 1 is 1.21 bits per heavy atom. The number of nitrogens with zero attached hydrogens (tertiary/aromatic N) is 1. The van der Waals surface area contributed by atoms with Crippen molar-refractivity contribution in [1.82, 2.24) is 10.1 Å². The van der Waals surface area contributed by atoms with Crippen LogP contribution in [0.15, 0.2) is 34.9 Å². The number of nitrogens with one attached hydrogen (secondary N) is 1. The number of hydrogen-bond acceptors (Lipinski definition) is 6. The highest BCUT2D eigenvalue weighted by Gasteiger charge is 2.17. The van der Waals surface area contributed by atoms with Crippen molar-refractivity contribution in [2.24, 2.45) is 0 Å². The molecule has 0 saturated carbocycles. The molecule has 1 aromatic carbocycles. The van der Waals surface area contributed by atoms with Crippen LogP contribution in [0.5, 0.6) is 5.88 Å². The van der Waals surface area contributed by atoms with Crippen LogP contribution in [0.2, 0.25) is 0 Å². The maximum Gasteiger partial charge on any atom is 0.344 e. The zero-order chi connectivity index (χ0) is 17.1. The molecule has 0 spiro atoms. The summed E-state index contributed by atoms with van der Waals surface area (Å²) in [6.45, 7) is 2.83. The number of Topliss-reactive ketones (excluding diaryl/α,β-unsaturated/α-hetero) is 1. The summed E-state index contributed by atoms with van der Waals surface area (Å²) < 4.78 is 14.9. The number of ether oxygens (including phenoxy) is 2. The molecule has 3 rings (SSSR count). The fourth-order valence-electron chi connectivity index (χ4n) is 2.44. The molecule has 0 amide bonds. The van der Waals surface area contributed by atoms with Gasteiger partial charge >= 0.3 is 5.97 Å². The number of esters is 1. The lowest BCUT2D eigenvalue weighted by molar-refractivity contribution is -0.144. The van der Waals surface area contributed by atoms with E-state index in [1.807, 2.05) is 31.2 Å². The zero-order valence-corrected chi connectivity index (χ0v) is 13.3. The van der Waals surface area contributed by atoms with E-state index in [1.165, 1.54) is 0 Å². The molecular weight excluding hydrogens is 312 g/mol. The summed E-state index contributed by atoms with van der Waals surface area (Å²) in [4.78, 5) is 27.2. The summed E-state index contributed by atoms with van der Waals surface area (Å²) in [5, 5.41) is 4.40. The van der Waals surface area contributed by atoms with Gasteiger partial charge in [0.15, 0.2) is 13.2 Å². The van der Waals surface area contributed by atoms with E-state index in [4.69, 9.17) is 14.0 Å². The first-order valence-electron chi connectivity index (χ1n) is 7.37. The first-order chi connectivity index (χ1) is 11.5. The molecular formula is C17H16N2O5. The quantitative estimate of drug-likeness (QED) is 0.552. The minimum absolute atomic E-state index is 0.197. The molecule has 0 fully saturated rings. The lowest BCUT2D eigenvalue weighted by Gasteiger charge is -2.05. The van der Waals surface area contributed by atoms with Crippen molar-refractivity contribution in [3.63, 3.8) is 0 Å². The van der Waals surface area contributed by atoms with Crippen molar-refractivity contribution in [1.29, 1.82) is 0 Å². The van der Waals surface area contributed by atoms with E-state index >= 15 is 0 Å². The monoisotopic (exact) mass is 328 g/mol. The molecule has 3 aromatic rings. The number of para-hydroxylation sites is 1. The Morgan fingerprint density at radius 2 is 2.00 bits per heavy atom. The Hall–Kier alpha value is -3.09. The zero-order valence-electron chi connectivity index (χ0n) is 13.3. The van der Waals surface area contributed by atoms with E-state index in [1.54, 1.807) is 13.0 Å². The summed E-state index contributed by atoms with van der Waals surface area (Å²) in [7, 11) is 0. The second-order valence-corrected chi connectivity index (χ2v) is 5.32. The van der Waals surface area contributed by atoms with Crippen LogP contribution in [0.3, 0.4) is 0 Å². The number of hydrogen-bond donors (Lipinski definition) is 1. The van der Waals surface area contributed by atoms with Gasteiger partial charge in [-0.25, -0.2) is 4.79 Å². The van der Waals surface area contributed by atoms with E-state index in [0.29, 0.717) is 11.3 Å². The second kappa shape index (κ2) is 6.57. The van der Waals surface area contributed by atoms with Gasteiger partial charge in [0.25, 0.3) is 5.88 Å². The predicted molar refractivity (Wildman–Crippen MR) is 85.1 cm³/mol. The number of fused-ring (bicyclic) bond motifs is 1. The Morgan fingerprint density at radius 3 is 2.75 bits per heavy atom. The lowest BCUT2D eigenvalue weighted by Crippen LogP contribution is -2.19. The largest absolute Gasteiger partial charge is 0.463 e. The molecule has 0 aliphatic carbocycles. The Kier molecular flexibility index (Phi) is 4.33. The molecule has 2 aromatic heterocycles. The van der Waals surface area contributed by atoms with Crippen LogP contribution in [-0.2, 0) is 9.53 Å². The van der Waals surface area contributed by atoms with E-state index < -0.39 is 5.97 Å². The second-order valence-electron chi connectivity index (χ2n) is 5.32. The van der Waals surface area contributed by atoms with Gasteiger partial charge in [-0.15, -0.1) is 0 Å². The van der Waals surface area contributed by atoms with Gasteiger partial charge in [-0.05, 0) is 25.1 Å². The molecule has 24 heavy (non-hydrogen) atoms. The Labute approximate surface area is 137 Å². The van der Waals surface area contributed by atoms with Gasteiger partial charge in [-0.3, -0.25) is 4.79 Å². The number of rotatable bonds is 6. The molecule has 124 valence electrons. The Bertz CT molecular complexity index is 893. The smallest absolute Gasteiger partial charge is 0.344 e. The van der Waals surface area contributed by atoms with Crippen molar-refractivity contribution < 1.29 is 23.6 Å². The van der Waals surface area contributed by atoms with E-state index in [-0.39, 0.29) is 24.9 Å². The van der Waals surface area contributed by atoms with Gasteiger partial charge in [-0.2, -0.15) is 0 Å². The van der Waals surface area contributed by atoms with Crippen molar-refractivity contribution in [2.75, 3.05) is 13.2 Å². The Balaban J connectivity index is 1.58. The number of benzene rings is 1. The summed E-state index contributed by atoms with van der Waals surface area (Å²) >= 11 is 0. The van der Waals surface area contributed by atoms with Crippen LogP contribution < -0.4 is 4.74 Å². The average Bonchev–Trinajstić information content (AvgIpc) is 3.12. The van der Waals surface area contributed by atoms with E-state index in [9.17, 15) is 9.59 Å². The standard InChI is InChI=1S/C17H16N2O5/c1-10-7-15(19-24-10)22-9-16(21)23-8-14(20)17-11(2)18-13-6-4-3-5-12(13)17/h3-7,18H,8-9H2,1-2H3. The van der Waals surface area contributed by atoms with Crippen molar-refractivity contribution >= 4 is 22.7 Å². The highest BCUT2D eigenvalue weighted by molar-refractivity contribution is 6.10. The maximum atomic E-state index is 12.4.